The number of hydrogen-bond acceptors (Lipinski definition) is 5. The van der Waals surface area contributed by atoms with Gasteiger partial charge >= 0.3 is 0 Å². The molecule has 4 rings (SSSR count). The fourth-order valence-electron chi connectivity index (χ4n) is 4.55. The minimum atomic E-state index is -0.879. The second kappa shape index (κ2) is 6.54. The van der Waals surface area contributed by atoms with Gasteiger partial charge in [-0.15, -0.1) is 0 Å². The van der Waals surface area contributed by atoms with E-state index in [1.807, 2.05) is 31.0 Å². The van der Waals surface area contributed by atoms with Gasteiger partial charge in [-0.1, -0.05) is 13.8 Å². The number of likely N-dealkylation sites (tertiary alicyclic amines) is 1. The van der Waals surface area contributed by atoms with Gasteiger partial charge in [-0.2, -0.15) is 0 Å². The highest BCUT2D eigenvalue weighted by Crippen LogP contribution is 2.41. The van der Waals surface area contributed by atoms with Gasteiger partial charge in [0.25, 0.3) is 5.91 Å². The van der Waals surface area contributed by atoms with Gasteiger partial charge in [0, 0.05) is 32.4 Å². The zero-order chi connectivity index (χ0) is 18.4. The summed E-state index contributed by atoms with van der Waals surface area (Å²) in [7, 11) is 2.10. The number of fused-ring (bicyclic) bond motifs is 2. The number of H-pyrrole nitrogens is 1. The highest BCUT2D eigenvalue weighted by molar-refractivity contribution is 5.87. The summed E-state index contributed by atoms with van der Waals surface area (Å²) in [5.74, 6) is 1.83. The lowest BCUT2D eigenvalue weighted by Gasteiger charge is -2.28. The maximum Gasteiger partial charge on any atom is 0.251 e. The minimum absolute atomic E-state index is 0.0386. The first kappa shape index (κ1) is 17.3. The van der Waals surface area contributed by atoms with Crippen molar-refractivity contribution in [3.8, 4) is 0 Å². The lowest BCUT2D eigenvalue weighted by Crippen LogP contribution is -2.41. The van der Waals surface area contributed by atoms with Crippen molar-refractivity contribution in [2.45, 2.75) is 38.8 Å². The van der Waals surface area contributed by atoms with Gasteiger partial charge in [0.2, 0.25) is 0 Å². The molecular weight excluding hydrogens is 330 g/mol. The number of hydrogen-bond donors (Lipinski definition) is 2. The van der Waals surface area contributed by atoms with E-state index in [4.69, 9.17) is 0 Å². The van der Waals surface area contributed by atoms with Crippen LogP contribution in [0.3, 0.4) is 0 Å². The summed E-state index contributed by atoms with van der Waals surface area (Å²) in [5, 5.41) is 11.1. The first-order valence-electron chi connectivity index (χ1n) is 9.43. The molecule has 2 aliphatic rings. The Morgan fingerprint density at radius 1 is 1.31 bits per heavy atom. The smallest absolute Gasteiger partial charge is 0.251 e. The Morgan fingerprint density at radius 2 is 2.00 bits per heavy atom. The van der Waals surface area contributed by atoms with Crippen LogP contribution in [-0.2, 0) is 4.79 Å². The molecule has 2 aromatic heterocycles. The molecule has 7 nitrogen and oxygen atoms in total. The predicted molar refractivity (Wildman–Crippen MR) is 99.7 cm³/mol. The summed E-state index contributed by atoms with van der Waals surface area (Å²) in [5.41, 5.74) is 0.861. The van der Waals surface area contributed by atoms with Crippen LogP contribution in [0.1, 0.15) is 26.7 Å². The standard InChI is InChI=1S/C19H27N5O2/c1-11(2)16(25)19(26)24-8-12-6-14(7-13(12)9-24)23(3)18-15-4-5-20-17(15)21-10-22-18/h4-5,10-14,16,25H,6-9H2,1-3H3,(H,20,21,22)/t12-,13+,14-,16-/m1/s1. The summed E-state index contributed by atoms with van der Waals surface area (Å²) in [6.45, 7) is 5.30. The molecule has 26 heavy (non-hydrogen) atoms. The molecule has 4 atom stereocenters. The van der Waals surface area contributed by atoms with Crippen LogP contribution < -0.4 is 4.90 Å². The van der Waals surface area contributed by atoms with Crippen LogP contribution in [0.2, 0.25) is 0 Å². The number of carbonyl (C=O) groups is 1. The monoisotopic (exact) mass is 357 g/mol. The van der Waals surface area contributed by atoms with Crippen molar-refractivity contribution in [2.75, 3.05) is 25.0 Å². The second-order valence-corrected chi connectivity index (χ2v) is 8.13. The highest BCUT2D eigenvalue weighted by atomic mass is 16.3. The van der Waals surface area contributed by atoms with Crippen molar-refractivity contribution < 1.29 is 9.90 Å². The van der Waals surface area contributed by atoms with Gasteiger partial charge in [0.15, 0.2) is 0 Å². The van der Waals surface area contributed by atoms with E-state index in [2.05, 4.69) is 26.9 Å². The van der Waals surface area contributed by atoms with Gasteiger partial charge in [-0.05, 0) is 36.7 Å². The van der Waals surface area contributed by atoms with Crippen LogP contribution in [0, 0.1) is 17.8 Å². The number of carbonyl (C=O) groups excluding carboxylic acids is 1. The first-order valence-corrected chi connectivity index (χ1v) is 9.43. The molecule has 2 fully saturated rings. The molecule has 140 valence electrons. The molecule has 1 saturated heterocycles. The molecule has 0 unspecified atom stereocenters. The number of nitrogens with one attached hydrogen (secondary N) is 1. The van der Waals surface area contributed by atoms with Gasteiger partial charge in [-0.3, -0.25) is 4.79 Å². The Kier molecular flexibility index (Phi) is 4.34. The van der Waals surface area contributed by atoms with Crippen LogP contribution in [-0.4, -0.2) is 63.1 Å². The number of rotatable bonds is 4. The number of aromatic amines is 1. The number of aliphatic hydroxyl groups is 1. The van der Waals surface area contributed by atoms with Crippen molar-refractivity contribution in [2.24, 2.45) is 17.8 Å². The zero-order valence-electron chi connectivity index (χ0n) is 15.6. The Balaban J connectivity index is 1.43. The average molecular weight is 357 g/mol. The minimum Gasteiger partial charge on any atom is -0.383 e. The van der Waals surface area contributed by atoms with Crippen molar-refractivity contribution >= 4 is 22.8 Å². The van der Waals surface area contributed by atoms with E-state index in [0.29, 0.717) is 17.9 Å². The first-order chi connectivity index (χ1) is 12.5. The summed E-state index contributed by atoms with van der Waals surface area (Å²) in [6, 6.07) is 2.44. The highest BCUT2D eigenvalue weighted by Gasteiger charge is 2.44. The molecule has 1 saturated carbocycles. The summed E-state index contributed by atoms with van der Waals surface area (Å²) < 4.78 is 0. The summed E-state index contributed by atoms with van der Waals surface area (Å²) in [4.78, 5) is 28.5. The lowest BCUT2D eigenvalue weighted by molar-refractivity contribution is -0.141. The largest absolute Gasteiger partial charge is 0.383 e. The second-order valence-electron chi connectivity index (χ2n) is 8.13. The fourth-order valence-corrected chi connectivity index (χ4v) is 4.55. The third kappa shape index (κ3) is 2.84. The molecule has 0 bridgehead atoms. The molecule has 0 radical (unpaired) electrons. The van der Waals surface area contributed by atoms with E-state index in [1.54, 1.807) is 6.33 Å². The molecule has 7 heteroatoms. The maximum absolute atomic E-state index is 12.4. The van der Waals surface area contributed by atoms with E-state index in [-0.39, 0.29) is 11.8 Å². The van der Waals surface area contributed by atoms with Crippen LogP contribution in [0.15, 0.2) is 18.6 Å². The molecule has 2 aromatic rings. The third-order valence-electron chi connectivity index (χ3n) is 6.14. The van der Waals surface area contributed by atoms with Gasteiger partial charge < -0.3 is 19.9 Å². The molecule has 2 N–H and O–H groups in total. The van der Waals surface area contributed by atoms with E-state index in [0.717, 1.165) is 42.8 Å². The summed E-state index contributed by atoms with van der Waals surface area (Å²) >= 11 is 0. The number of amides is 1. The van der Waals surface area contributed by atoms with Crippen molar-refractivity contribution in [3.63, 3.8) is 0 Å². The number of anilines is 1. The van der Waals surface area contributed by atoms with E-state index in [1.165, 1.54) is 0 Å². The normalized spacial score (nSPS) is 26.5. The molecule has 0 spiro atoms. The quantitative estimate of drug-likeness (QED) is 0.869. The van der Waals surface area contributed by atoms with Crippen LogP contribution in [0.5, 0.6) is 0 Å². The Morgan fingerprint density at radius 3 is 2.65 bits per heavy atom. The number of aromatic nitrogens is 3. The Hall–Kier alpha value is -2.15. The SMILES string of the molecule is CC(C)[C@@H](O)C(=O)N1C[C@H]2C[C@@H](N(C)c3ncnc4[nH]ccc34)C[C@H]2C1. The lowest BCUT2D eigenvalue weighted by atomic mass is 10.0. The maximum atomic E-state index is 12.4. The van der Waals surface area contributed by atoms with Crippen molar-refractivity contribution in [3.05, 3.63) is 18.6 Å². The average Bonchev–Trinajstić information content (AvgIpc) is 3.32. The zero-order valence-corrected chi connectivity index (χ0v) is 15.6. The van der Waals surface area contributed by atoms with Crippen LogP contribution in [0.25, 0.3) is 11.0 Å². The fraction of sp³-hybridized carbons (Fsp3) is 0.632. The van der Waals surface area contributed by atoms with Gasteiger partial charge in [-0.25, -0.2) is 9.97 Å². The van der Waals surface area contributed by atoms with Crippen LogP contribution >= 0.6 is 0 Å². The molecule has 0 aromatic carbocycles. The van der Waals surface area contributed by atoms with Gasteiger partial charge in [0.05, 0.1) is 5.39 Å². The van der Waals surface area contributed by atoms with E-state index >= 15 is 0 Å². The summed E-state index contributed by atoms with van der Waals surface area (Å²) in [6.07, 6.45) is 4.73. The molecule has 3 heterocycles. The van der Waals surface area contributed by atoms with Crippen molar-refractivity contribution in [1.29, 1.82) is 0 Å². The topological polar surface area (TPSA) is 85.3 Å². The van der Waals surface area contributed by atoms with E-state index in [9.17, 15) is 9.90 Å². The third-order valence-corrected chi connectivity index (χ3v) is 6.14. The Labute approximate surface area is 153 Å². The van der Waals surface area contributed by atoms with Crippen LogP contribution in [0.4, 0.5) is 5.82 Å². The molecular formula is C19H27N5O2. The predicted octanol–water partition coefficient (Wildman–Crippen LogP) is 1.65. The Bertz CT molecular complexity index is 790. The van der Waals surface area contributed by atoms with Crippen molar-refractivity contribution in [1.82, 2.24) is 19.9 Å². The van der Waals surface area contributed by atoms with Gasteiger partial charge in [0.1, 0.15) is 23.9 Å². The molecule has 1 amide bonds. The number of nitrogens with zero attached hydrogens (tertiary/aromatic N) is 4. The van der Waals surface area contributed by atoms with E-state index < -0.39 is 6.10 Å². The molecule has 1 aliphatic carbocycles. The number of aliphatic hydroxyl groups excluding tert-OH is 1. The molecule has 1 aliphatic heterocycles.